The lowest BCUT2D eigenvalue weighted by atomic mass is 10.1. The van der Waals surface area contributed by atoms with E-state index in [0.717, 1.165) is 16.7 Å². The van der Waals surface area contributed by atoms with Gasteiger partial charge in [0.1, 0.15) is 0 Å². The Kier molecular flexibility index (Phi) is 4.82. The fourth-order valence-corrected chi connectivity index (χ4v) is 3.89. The van der Waals surface area contributed by atoms with E-state index in [1.165, 1.54) is 13.2 Å². The minimum atomic E-state index is -0.431. The van der Waals surface area contributed by atoms with Crippen LogP contribution in [0.5, 0.6) is 23.0 Å². The molecule has 0 radical (unpaired) electrons. The number of methoxy groups -OCH3 is 1. The van der Waals surface area contributed by atoms with E-state index in [0.29, 0.717) is 33.4 Å². The minimum absolute atomic E-state index is 0.0192. The number of carbonyl (C=O) groups is 2. The van der Waals surface area contributed by atoms with Crippen molar-refractivity contribution in [2.45, 2.75) is 6.54 Å². The van der Waals surface area contributed by atoms with Gasteiger partial charge in [0.2, 0.25) is 6.79 Å². The zero-order valence-electron chi connectivity index (χ0n) is 14.6. The van der Waals surface area contributed by atoms with E-state index in [-0.39, 0.29) is 24.0 Å². The highest BCUT2D eigenvalue weighted by atomic mass is 35.5. The maximum absolute atomic E-state index is 12.7. The fourth-order valence-electron chi connectivity index (χ4n) is 2.84. The van der Waals surface area contributed by atoms with Gasteiger partial charge in [0, 0.05) is 11.1 Å². The van der Waals surface area contributed by atoms with E-state index in [1.54, 1.807) is 30.3 Å². The van der Waals surface area contributed by atoms with Crippen LogP contribution in [0.3, 0.4) is 0 Å². The molecule has 0 unspecified atom stereocenters. The third-order valence-corrected chi connectivity index (χ3v) is 5.50. The SMILES string of the molecule is COc1ccc(/C=C2\SC(=O)N(Cc3cc4c(cc3Cl)OCO4)C2=O)cc1O. The Morgan fingerprint density at radius 3 is 2.71 bits per heavy atom. The van der Waals surface area contributed by atoms with Gasteiger partial charge in [-0.15, -0.1) is 0 Å². The zero-order valence-corrected chi connectivity index (χ0v) is 16.2. The van der Waals surface area contributed by atoms with Crippen LogP contribution in [-0.4, -0.2) is 35.1 Å². The molecule has 0 aromatic heterocycles. The van der Waals surface area contributed by atoms with Gasteiger partial charge in [-0.2, -0.15) is 0 Å². The Bertz CT molecular complexity index is 1020. The van der Waals surface area contributed by atoms with Crippen LogP contribution in [0.2, 0.25) is 5.02 Å². The van der Waals surface area contributed by atoms with Gasteiger partial charge < -0.3 is 19.3 Å². The highest BCUT2D eigenvalue weighted by Gasteiger charge is 2.35. The Balaban J connectivity index is 1.57. The number of hydrogen-bond acceptors (Lipinski definition) is 7. The summed E-state index contributed by atoms with van der Waals surface area (Å²) in [4.78, 5) is 26.4. The molecule has 2 heterocycles. The number of ether oxygens (including phenoxy) is 3. The van der Waals surface area contributed by atoms with Crippen LogP contribution in [0.4, 0.5) is 4.79 Å². The topological polar surface area (TPSA) is 85.3 Å². The second-order valence-electron chi connectivity index (χ2n) is 6.00. The molecule has 0 spiro atoms. The number of thioether (sulfide) groups is 1. The van der Waals surface area contributed by atoms with E-state index in [9.17, 15) is 14.7 Å². The summed E-state index contributed by atoms with van der Waals surface area (Å²) >= 11 is 7.08. The summed E-state index contributed by atoms with van der Waals surface area (Å²) in [6, 6.07) is 7.99. The van der Waals surface area contributed by atoms with E-state index in [1.807, 2.05) is 0 Å². The number of carbonyl (C=O) groups excluding carboxylic acids is 2. The third kappa shape index (κ3) is 3.36. The molecule has 2 aliphatic heterocycles. The second kappa shape index (κ2) is 7.29. The lowest BCUT2D eigenvalue weighted by Crippen LogP contribution is -2.27. The Labute approximate surface area is 169 Å². The standard InChI is InChI=1S/C19H14ClNO6S/c1-25-14-3-2-10(4-13(14)22)5-17-18(23)21(19(24)28-17)8-11-6-15-16(7-12(11)20)27-9-26-15/h2-7,22H,8-9H2,1H3/b17-5-. The monoisotopic (exact) mass is 419 g/mol. The molecule has 9 heteroatoms. The molecule has 0 aliphatic carbocycles. The summed E-state index contributed by atoms with van der Waals surface area (Å²) in [5.41, 5.74) is 1.15. The maximum Gasteiger partial charge on any atom is 0.293 e. The number of phenolic OH excluding ortho intramolecular Hbond substituents is 1. The van der Waals surface area contributed by atoms with Crippen molar-refractivity contribution in [3.63, 3.8) is 0 Å². The molecule has 2 amide bonds. The van der Waals surface area contributed by atoms with E-state index >= 15 is 0 Å². The molecule has 7 nitrogen and oxygen atoms in total. The number of halogens is 1. The Morgan fingerprint density at radius 2 is 2.00 bits per heavy atom. The van der Waals surface area contributed by atoms with Gasteiger partial charge in [-0.05, 0) is 47.2 Å². The summed E-state index contributed by atoms with van der Waals surface area (Å²) < 4.78 is 15.6. The average Bonchev–Trinajstić information content (AvgIpc) is 3.21. The summed E-state index contributed by atoms with van der Waals surface area (Å²) in [5, 5.41) is 9.86. The highest BCUT2D eigenvalue weighted by Crippen LogP contribution is 2.39. The molecule has 4 rings (SSSR count). The first-order valence-electron chi connectivity index (χ1n) is 8.16. The van der Waals surface area contributed by atoms with Gasteiger partial charge in [0.25, 0.3) is 11.1 Å². The molecular weight excluding hydrogens is 406 g/mol. The molecule has 0 saturated carbocycles. The number of hydrogen-bond donors (Lipinski definition) is 1. The number of amides is 2. The first-order chi connectivity index (χ1) is 13.5. The Hall–Kier alpha value is -2.84. The third-order valence-electron chi connectivity index (χ3n) is 4.24. The normalized spacial score (nSPS) is 16.9. The van der Waals surface area contributed by atoms with Gasteiger partial charge in [0.05, 0.1) is 18.6 Å². The highest BCUT2D eigenvalue weighted by molar-refractivity contribution is 8.18. The van der Waals surface area contributed by atoms with E-state index in [4.69, 9.17) is 25.8 Å². The van der Waals surface area contributed by atoms with Crippen molar-refractivity contribution >= 4 is 40.6 Å². The number of aromatic hydroxyl groups is 1. The molecule has 2 aliphatic rings. The van der Waals surface area contributed by atoms with Crippen molar-refractivity contribution in [2.75, 3.05) is 13.9 Å². The number of benzene rings is 2. The van der Waals surface area contributed by atoms with Gasteiger partial charge >= 0.3 is 0 Å². The van der Waals surface area contributed by atoms with E-state index in [2.05, 4.69) is 0 Å². The molecule has 28 heavy (non-hydrogen) atoms. The maximum atomic E-state index is 12.7. The smallest absolute Gasteiger partial charge is 0.293 e. The van der Waals surface area contributed by atoms with Crippen LogP contribution in [0, 0.1) is 0 Å². The van der Waals surface area contributed by atoms with Gasteiger partial charge in [0.15, 0.2) is 23.0 Å². The quantitative estimate of drug-likeness (QED) is 0.749. The number of imide groups is 1. The predicted molar refractivity (Wildman–Crippen MR) is 104 cm³/mol. The van der Waals surface area contributed by atoms with Crippen LogP contribution in [-0.2, 0) is 11.3 Å². The second-order valence-corrected chi connectivity index (χ2v) is 7.40. The molecule has 2 aromatic rings. The first-order valence-corrected chi connectivity index (χ1v) is 9.36. The molecule has 0 bridgehead atoms. The number of nitrogens with zero attached hydrogens (tertiary/aromatic N) is 1. The minimum Gasteiger partial charge on any atom is -0.504 e. The van der Waals surface area contributed by atoms with E-state index < -0.39 is 11.1 Å². The van der Waals surface area contributed by atoms with Gasteiger partial charge in [-0.1, -0.05) is 17.7 Å². The first kappa shape index (κ1) is 18.5. The largest absolute Gasteiger partial charge is 0.504 e. The van der Waals surface area contributed by atoms with Crippen molar-refractivity contribution in [3.8, 4) is 23.0 Å². The van der Waals surface area contributed by atoms with Crippen LogP contribution in [0.15, 0.2) is 35.2 Å². The molecule has 0 atom stereocenters. The van der Waals surface area contributed by atoms with Crippen LogP contribution >= 0.6 is 23.4 Å². The van der Waals surface area contributed by atoms with Gasteiger partial charge in [-0.25, -0.2) is 0 Å². The predicted octanol–water partition coefficient (Wildman–Crippen LogP) is 4.02. The van der Waals surface area contributed by atoms with Crippen molar-refractivity contribution in [3.05, 3.63) is 51.4 Å². The number of fused-ring (bicyclic) bond motifs is 1. The summed E-state index contributed by atoms with van der Waals surface area (Å²) in [5.74, 6) is 0.891. The van der Waals surface area contributed by atoms with Crippen LogP contribution < -0.4 is 14.2 Å². The molecule has 1 saturated heterocycles. The summed E-state index contributed by atoms with van der Waals surface area (Å²) in [7, 11) is 1.45. The Morgan fingerprint density at radius 1 is 1.25 bits per heavy atom. The molecule has 2 aromatic carbocycles. The molecular formula is C19H14ClNO6S. The van der Waals surface area contributed by atoms with Crippen molar-refractivity contribution in [1.29, 1.82) is 0 Å². The number of rotatable bonds is 4. The lowest BCUT2D eigenvalue weighted by molar-refractivity contribution is -0.123. The summed E-state index contributed by atoms with van der Waals surface area (Å²) in [6.45, 7) is 0.124. The van der Waals surface area contributed by atoms with Crippen molar-refractivity contribution in [2.24, 2.45) is 0 Å². The zero-order chi connectivity index (χ0) is 19.8. The average molecular weight is 420 g/mol. The lowest BCUT2D eigenvalue weighted by Gasteiger charge is -2.14. The molecule has 144 valence electrons. The molecule has 1 N–H and O–H groups in total. The number of phenols is 1. The fraction of sp³-hybridized carbons (Fsp3) is 0.158. The van der Waals surface area contributed by atoms with Crippen molar-refractivity contribution in [1.82, 2.24) is 4.90 Å². The molecule has 1 fully saturated rings. The van der Waals surface area contributed by atoms with Gasteiger partial charge in [-0.3, -0.25) is 14.5 Å². The summed E-state index contributed by atoms with van der Waals surface area (Å²) in [6.07, 6.45) is 1.55. The van der Waals surface area contributed by atoms with Crippen LogP contribution in [0.1, 0.15) is 11.1 Å². The van der Waals surface area contributed by atoms with Crippen molar-refractivity contribution < 1.29 is 28.9 Å². The van der Waals surface area contributed by atoms with Crippen LogP contribution in [0.25, 0.3) is 6.08 Å².